The second kappa shape index (κ2) is 4.36. The highest BCUT2D eigenvalue weighted by molar-refractivity contribution is 5.76. The third-order valence-electron chi connectivity index (χ3n) is 4.43. The maximum Gasteiger partial charge on any atom is 0.223 e. The minimum Gasteiger partial charge on any atom is -0.342 e. The number of rotatable bonds is 4. The zero-order valence-electron chi connectivity index (χ0n) is 9.95. The summed E-state index contributed by atoms with van der Waals surface area (Å²) in [6.45, 7) is 2.98. The molecule has 3 nitrogen and oxygen atoms in total. The number of amides is 1. The normalized spacial score (nSPS) is 33.1. The number of nitrogens with one attached hydrogen (secondary N) is 1. The van der Waals surface area contributed by atoms with E-state index in [9.17, 15) is 4.79 Å². The molecular formula is C13H22N2O. The summed E-state index contributed by atoms with van der Waals surface area (Å²) >= 11 is 0. The Hall–Kier alpha value is -0.570. The van der Waals surface area contributed by atoms with Crippen molar-refractivity contribution in [1.82, 2.24) is 10.2 Å². The molecule has 0 spiro atoms. The molecule has 2 saturated carbocycles. The number of carbonyl (C=O) groups is 1. The summed E-state index contributed by atoms with van der Waals surface area (Å²) in [6, 6.07) is 0.728. The molecule has 2 atom stereocenters. The van der Waals surface area contributed by atoms with Gasteiger partial charge in [0.2, 0.25) is 5.91 Å². The van der Waals surface area contributed by atoms with Gasteiger partial charge in [-0.2, -0.15) is 0 Å². The molecule has 2 aliphatic carbocycles. The first kappa shape index (κ1) is 10.6. The van der Waals surface area contributed by atoms with Gasteiger partial charge in [-0.3, -0.25) is 4.79 Å². The van der Waals surface area contributed by atoms with E-state index in [1.165, 1.54) is 32.1 Å². The number of hydrogen-bond acceptors (Lipinski definition) is 2. The Morgan fingerprint density at radius 1 is 1.12 bits per heavy atom. The van der Waals surface area contributed by atoms with Crippen molar-refractivity contribution in [1.29, 1.82) is 0 Å². The maximum atomic E-state index is 12.0. The fraction of sp³-hybridized carbons (Fsp3) is 0.923. The van der Waals surface area contributed by atoms with Gasteiger partial charge in [-0.25, -0.2) is 0 Å². The molecule has 0 aromatic rings. The molecule has 0 bridgehead atoms. The van der Waals surface area contributed by atoms with Gasteiger partial charge in [0.05, 0.1) is 0 Å². The number of nitrogens with zero attached hydrogens (tertiary/aromatic N) is 1. The van der Waals surface area contributed by atoms with E-state index in [1.807, 2.05) is 0 Å². The van der Waals surface area contributed by atoms with Crippen LogP contribution in [0.15, 0.2) is 0 Å². The van der Waals surface area contributed by atoms with Crippen molar-refractivity contribution in [2.75, 3.05) is 19.6 Å². The molecule has 16 heavy (non-hydrogen) atoms. The lowest BCUT2D eigenvalue weighted by atomic mass is 10.0. The first-order valence-electron chi connectivity index (χ1n) is 6.84. The molecule has 2 unspecified atom stereocenters. The summed E-state index contributed by atoms with van der Waals surface area (Å²) in [5, 5.41) is 3.41. The fourth-order valence-corrected chi connectivity index (χ4v) is 3.27. The SMILES string of the molecule is O=C(CCNC1CC1)N1CC2CCCC2C1. The summed E-state index contributed by atoms with van der Waals surface area (Å²) in [7, 11) is 0. The lowest BCUT2D eigenvalue weighted by molar-refractivity contribution is -0.130. The Labute approximate surface area is 97.6 Å². The van der Waals surface area contributed by atoms with Gasteiger partial charge in [0.1, 0.15) is 0 Å². The molecule has 1 amide bonds. The molecule has 3 heteroatoms. The number of fused-ring (bicyclic) bond motifs is 1. The molecule has 1 heterocycles. The average molecular weight is 222 g/mol. The lowest BCUT2D eigenvalue weighted by Crippen LogP contribution is -2.32. The molecule has 90 valence electrons. The molecule has 1 aliphatic heterocycles. The molecule has 1 saturated heterocycles. The van der Waals surface area contributed by atoms with Crippen LogP contribution in [0, 0.1) is 11.8 Å². The Bertz CT molecular complexity index is 263. The fourth-order valence-electron chi connectivity index (χ4n) is 3.27. The zero-order valence-corrected chi connectivity index (χ0v) is 9.95. The summed E-state index contributed by atoms with van der Waals surface area (Å²) < 4.78 is 0. The third kappa shape index (κ3) is 2.24. The van der Waals surface area contributed by atoms with Crippen LogP contribution in [0.25, 0.3) is 0 Å². The van der Waals surface area contributed by atoms with Crippen LogP contribution in [0.1, 0.15) is 38.5 Å². The Kier molecular flexibility index (Phi) is 2.88. The van der Waals surface area contributed by atoms with Crippen LogP contribution < -0.4 is 5.32 Å². The summed E-state index contributed by atoms with van der Waals surface area (Å²) in [5.74, 6) is 2.04. The highest BCUT2D eigenvalue weighted by Crippen LogP contribution is 2.37. The van der Waals surface area contributed by atoms with Gasteiger partial charge in [-0.05, 0) is 37.5 Å². The largest absolute Gasteiger partial charge is 0.342 e. The number of carbonyl (C=O) groups excluding carboxylic acids is 1. The zero-order chi connectivity index (χ0) is 11.0. The topological polar surface area (TPSA) is 32.3 Å². The van der Waals surface area contributed by atoms with Gasteiger partial charge in [-0.15, -0.1) is 0 Å². The van der Waals surface area contributed by atoms with Crippen molar-refractivity contribution in [3.63, 3.8) is 0 Å². The van der Waals surface area contributed by atoms with Crippen molar-refractivity contribution in [2.45, 2.75) is 44.6 Å². The van der Waals surface area contributed by atoms with E-state index in [0.29, 0.717) is 12.3 Å². The quantitative estimate of drug-likeness (QED) is 0.779. The molecule has 3 fully saturated rings. The van der Waals surface area contributed by atoms with E-state index in [4.69, 9.17) is 0 Å². The predicted molar refractivity (Wildman–Crippen MR) is 63.1 cm³/mol. The first-order valence-corrected chi connectivity index (χ1v) is 6.84. The second-order valence-corrected chi connectivity index (χ2v) is 5.73. The van der Waals surface area contributed by atoms with E-state index in [-0.39, 0.29) is 0 Å². The van der Waals surface area contributed by atoms with Crippen LogP contribution in [0.4, 0.5) is 0 Å². The summed E-state index contributed by atoms with van der Waals surface area (Å²) in [6.07, 6.45) is 7.42. The van der Waals surface area contributed by atoms with Crippen LogP contribution >= 0.6 is 0 Å². The van der Waals surface area contributed by atoms with E-state index in [2.05, 4.69) is 10.2 Å². The number of hydrogen-bond donors (Lipinski definition) is 1. The van der Waals surface area contributed by atoms with Crippen molar-refractivity contribution in [2.24, 2.45) is 11.8 Å². The third-order valence-corrected chi connectivity index (χ3v) is 4.43. The van der Waals surface area contributed by atoms with Crippen LogP contribution in [0.2, 0.25) is 0 Å². The predicted octanol–water partition coefficient (Wildman–Crippen LogP) is 1.39. The van der Waals surface area contributed by atoms with Crippen molar-refractivity contribution in [3.05, 3.63) is 0 Å². The molecule has 3 aliphatic rings. The van der Waals surface area contributed by atoms with Gasteiger partial charge in [0.25, 0.3) is 0 Å². The van der Waals surface area contributed by atoms with Gasteiger partial charge in [0.15, 0.2) is 0 Å². The molecule has 3 rings (SSSR count). The average Bonchev–Trinajstić information content (AvgIpc) is 2.84. The lowest BCUT2D eigenvalue weighted by Gasteiger charge is -2.17. The standard InChI is InChI=1S/C13H22N2O/c16-13(6-7-14-12-4-5-12)15-8-10-2-1-3-11(10)9-15/h10-12,14H,1-9H2. The molecule has 1 N–H and O–H groups in total. The summed E-state index contributed by atoms with van der Waals surface area (Å²) in [4.78, 5) is 14.1. The van der Waals surface area contributed by atoms with Crippen LogP contribution in [-0.4, -0.2) is 36.5 Å². The van der Waals surface area contributed by atoms with E-state index in [0.717, 1.165) is 37.5 Å². The van der Waals surface area contributed by atoms with Crippen molar-refractivity contribution >= 4 is 5.91 Å². The first-order chi connectivity index (χ1) is 7.83. The van der Waals surface area contributed by atoms with Crippen molar-refractivity contribution in [3.8, 4) is 0 Å². The Morgan fingerprint density at radius 3 is 2.44 bits per heavy atom. The van der Waals surface area contributed by atoms with Gasteiger partial charge in [0, 0.05) is 32.1 Å². The smallest absolute Gasteiger partial charge is 0.223 e. The van der Waals surface area contributed by atoms with Gasteiger partial charge >= 0.3 is 0 Å². The van der Waals surface area contributed by atoms with E-state index < -0.39 is 0 Å². The van der Waals surface area contributed by atoms with Gasteiger partial charge in [-0.1, -0.05) is 6.42 Å². The minimum absolute atomic E-state index is 0.377. The molecular weight excluding hydrogens is 200 g/mol. The van der Waals surface area contributed by atoms with Gasteiger partial charge < -0.3 is 10.2 Å². The minimum atomic E-state index is 0.377. The van der Waals surface area contributed by atoms with E-state index >= 15 is 0 Å². The Balaban J connectivity index is 1.41. The monoisotopic (exact) mass is 222 g/mol. The van der Waals surface area contributed by atoms with Crippen LogP contribution in [0.5, 0.6) is 0 Å². The summed E-state index contributed by atoms with van der Waals surface area (Å²) in [5.41, 5.74) is 0. The molecule has 0 aromatic carbocycles. The van der Waals surface area contributed by atoms with Crippen molar-refractivity contribution < 1.29 is 4.79 Å². The molecule has 0 aromatic heterocycles. The second-order valence-electron chi connectivity index (χ2n) is 5.73. The van der Waals surface area contributed by atoms with Crippen LogP contribution in [0.3, 0.4) is 0 Å². The maximum absolute atomic E-state index is 12.0. The van der Waals surface area contributed by atoms with Crippen LogP contribution in [-0.2, 0) is 4.79 Å². The Morgan fingerprint density at radius 2 is 1.81 bits per heavy atom. The molecule has 0 radical (unpaired) electrons. The van der Waals surface area contributed by atoms with E-state index in [1.54, 1.807) is 0 Å². The highest BCUT2D eigenvalue weighted by Gasteiger charge is 2.37. The highest BCUT2D eigenvalue weighted by atomic mass is 16.2. The number of likely N-dealkylation sites (tertiary alicyclic amines) is 1.